The standard InChI is InChI=1S/C37H50N4O10S/c1-5-25-18-37(25,33(44)39-52(47,48)28-12-13-28)19-30(42)29-17-27-22-41(29)32(43)31(36(2,3)4)38-34(45)50-15-9-7-6-8-14-49-26-11-10-23-20-40(35(46)51-27)21-24(23)16-26/h6,8,10-11,16,25,27-29,31H,5,7,9,12-15,17-22H2,1-4H3,(H,38,45)(H,39,44)/b8-6+/t25-,27+,29?,31+,37-/m0/s1. The Morgan fingerprint density at radius 2 is 1.81 bits per heavy atom. The number of hydrogen-bond donors (Lipinski definition) is 2. The number of cyclic esters (lactones) is 1. The molecule has 15 heteroatoms. The van der Waals surface area contributed by atoms with E-state index in [2.05, 4.69) is 10.0 Å². The molecule has 4 amide bonds. The maximum atomic E-state index is 14.4. The molecule has 14 nitrogen and oxygen atoms in total. The normalized spacial score (nSPS) is 29.2. The first kappa shape index (κ1) is 37.6. The molecule has 284 valence electrons. The zero-order valence-corrected chi connectivity index (χ0v) is 31.2. The lowest BCUT2D eigenvalue weighted by Crippen LogP contribution is -2.57. The van der Waals surface area contributed by atoms with E-state index >= 15 is 0 Å². The lowest BCUT2D eigenvalue weighted by atomic mass is 9.85. The molecule has 3 fully saturated rings. The number of benzene rings is 1. The first-order valence-corrected chi connectivity index (χ1v) is 19.8. The fourth-order valence-corrected chi connectivity index (χ4v) is 8.91. The largest absolute Gasteiger partial charge is 0.490 e. The summed E-state index contributed by atoms with van der Waals surface area (Å²) in [7, 11) is -3.84. The van der Waals surface area contributed by atoms with E-state index in [4.69, 9.17) is 14.2 Å². The number of nitrogens with zero attached hydrogens (tertiary/aromatic N) is 2. The van der Waals surface area contributed by atoms with Crippen LogP contribution in [0.1, 0.15) is 90.2 Å². The highest BCUT2D eigenvalue weighted by atomic mass is 32.2. The van der Waals surface area contributed by atoms with Crippen LogP contribution in [0, 0.1) is 16.7 Å². The van der Waals surface area contributed by atoms with Gasteiger partial charge in [0.2, 0.25) is 21.8 Å². The molecule has 0 spiro atoms. The first-order valence-electron chi connectivity index (χ1n) is 18.3. The van der Waals surface area contributed by atoms with Crippen LogP contribution in [0.4, 0.5) is 9.59 Å². The zero-order chi connectivity index (χ0) is 37.4. The fourth-order valence-electron chi connectivity index (χ4n) is 7.52. The van der Waals surface area contributed by atoms with Crippen LogP contribution < -0.4 is 14.8 Å². The molecule has 3 heterocycles. The van der Waals surface area contributed by atoms with Crippen molar-refractivity contribution in [3.63, 3.8) is 0 Å². The lowest BCUT2D eigenvalue weighted by Gasteiger charge is -2.35. The van der Waals surface area contributed by atoms with Gasteiger partial charge in [-0.1, -0.05) is 52.3 Å². The van der Waals surface area contributed by atoms with E-state index in [-0.39, 0.29) is 31.9 Å². The molecule has 5 aliphatic rings. The minimum Gasteiger partial charge on any atom is -0.490 e. The number of amides is 4. The van der Waals surface area contributed by atoms with Crippen molar-refractivity contribution in [2.24, 2.45) is 16.7 Å². The number of carbonyl (C=O) groups excluding carboxylic acids is 5. The Morgan fingerprint density at radius 3 is 2.50 bits per heavy atom. The molecular formula is C37H50N4O10S. The van der Waals surface area contributed by atoms with Crippen LogP contribution in [-0.2, 0) is 47.0 Å². The van der Waals surface area contributed by atoms with Gasteiger partial charge in [-0.3, -0.25) is 24.0 Å². The van der Waals surface area contributed by atoms with Gasteiger partial charge in [0.05, 0.1) is 29.9 Å². The van der Waals surface area contributed by atoms with Crippen molar-refractivity contribution in [3.05, 3.63) is 41.5 Å². The summed E-state index contributed by atoms with van der Waals surface area (Å²) in [6.45, 7) is 8.21. The molecule has 52 heavy (non-hydrogen) atoms. The third kappa shape index (κ3) is 8.24. The maximum absolute atomic E-state index is 14.4. The summed E-state index contributed by atoms with van der Waals surface area (Å²) in [5.41, 5.74) is -0.138. The summed E-state index contributed by atoms with van der Waals surface area (Å²) in [6, 6.07) is 3.48. The van der Waals surface area contributed by atoms with Crippen LogP contribution in [0.2, 0.25) is 0 Å². The second kappa shape index (κ2) is 14.7. The topological polar surface area (TPSA) is 178 Å². The quantitative estimate of drug-likeness (QED) is 0.389. The highest BCUT2D eigenvalue weighted by molar-refractivity contribution is 7.90. The van der Waals surface area contributed by atoms with Crippen molar-refractivity contribution in [2.75, 3.05) is 19.8 Å². The van der Waals surface area contributed by atoms with Gasteiger partial charge in [0, 0.05) is 25.9 Å². The summed E-state index contributed by atoms with van der Waals surface area (Å²) in [4.78, 5) is 71.6. The first-order chi connectivity index (χ1) is 24.6. The van der Waals surface area contributed by atoms with Gasteiger partial charge in [0.1, 0.15) is 24.5 Å². The van der Waals surface area contributed by atoms with Crippen molar-refractivity contribution in [3.8, 4) is 5.75 Å². The number of sulfonamides is 1. The van der Waals surface area contributed by atoms with Gasteiger partial charge < -0.3 is 24.4 Å². The van der Waals surface area contributed by atoms with E-state index in [1.165, 1.54) is 4.90 Å². The van der Waals surface area contributed by atoms with E-state index in [0.717, 1.165) is 11.1 Å². The number of Topliss-reactive ketones (excluding diaryl/α,β-unsaturated/α-hetero) is 1. The lowest BCUT2D eigenvalue weighted by molar-refractivity contribution is -0.142. The fraction of sp³-hybridized carbons (Fsp3) is 0.649. The van der Waals surface area contributed by atoms with Gasteiger partial charge in [-0.25, -0.2) is 18.0 Å². The van der Waals surface area contributed by atoms with E-state index < -0.39 is 74.1 Å². The molecule has 5 atom stereocenters. The van der Waals surface area contributed by atoms with Gasteiger partial charge in [-0.15, -0.1) is 0 Å². The minimum absolute atomic E-state index is 0.0156. The zero-order valence-electron chi connectivity index (χ0n) is 30.4. The highest BCUT2D eigenvalue weighted by Gasteiger charge is 2.62. The van der Waals surface area contributed by atoms with E-state index in [1.54, 1.807) is 25.7 Å². The molecular weight excluding hydrogens is 692 g/mol. The Bertz CT molecular complexity index is 1740. The number of alkyl carbamates (subject to hydrolysis) is 1. The predicted octanol–water partition coefficient (Wildman–Crippen LogP) is 3.96. The number of rotatable bonds is 7. The van der Waals surface area contributed by atoms with E-state index in [9.17, 15) is 32.4 Å². The van der Waals surface area contributed by atoms with Crippen LogP contribution in [0.15, 0.2) is 30.4 Å². The number of ketones is 1. The second-order valence-electron chi connectivity index (χ2n) is 15.8. The van der Waals surface area contributed by atoms with E-state index in [1.807, 2.05) is 37.3 Å². The predicted molar refractivity (Wildman–Crippen MR) is 188 cm³/mol. The van der Waals surface area contributed by atoms with Crippen molar-refractivity contribution < 1.29 is 46.6 Å². The number of allylic oxidation sites excluding steroid dienone is 1. The smallest absolute Gasteiger partial charge is 0.410 e. The Kier molecular flexibility index (Phi) is 10.6. The molecule has 1 saturated heterocycles. The molecule has 1 unspecified atom stereocenters. The summed E-state index contributed by atoms with van der Waals surface area (Å²) in [5, 5.41) is 2.10. The number of nitrogens with one attached hydrogen (secondary N) is 2. The van der Waals surface area contributed by atoms with Crippen molar-refractivity contribution in [1.82, 2.24) is 19.8 Å². The van der Waals surface area contributed by atoms with Crippen molar-refractivity contribution in [1.29, 1.82) is 0 Å². The molecule has 0 aromatic heterocycles. The molecule has 3 aliphatic heterocycles. The van der Waals surface area contributed by atoms with Crippen LogP contribution in [0.3, 0.4) is 0 Å². The molecule has 2 saturated carbocycles. The number of carbonyl (C=O) groups is 5. The van der Waals surface area contributed by atoms with Crippen LogP contribution in [-0.4, -0.2) is 91.2 Å². The second-order valence-corrected chi connectivity index (χ2v) is 17.8. The summed E-state index contributed by atoms with van der Waals surface area (Å²) in [5.74, 6) is -1.21. The van der Waals surface area contributed by atoms with E-state index in [0.29, 0.717) is 64.0 Å². The Hall–Kier alpha value is -4.14. The van der Waals surface area contributed by atoms with Crippen LogP contribution in [0.25, 0.3) is 0 Å². The Morgan fingerprint density at radius 1 is 1.06 bits per heavy atom. The number of fused-ring (bicyclic) bond motifs is 4. The van der Waals surface area contributed by atoms with Gasteiger partial charge in [0.25, 0.3) is 0 Å². The summed E-state index contributed by atoms with van der Waals surface area (Å²) >= 11 is 0. The third-order valence-corrected chi connectivity index (χ3v) is 12.7. The summed E-state index contributed by atoms with van der Waals surface area (Å²) < 4.78 is 44.9. The molecule has 6 rings (SSSR count). The molecule has 0 radical (unpaired) electrons. The maximum Gasteiger partial charge on any atom is 0.410 e. The molecule has 2 aliphatic carbocycles. The molecule has 2 N–H and O–H groups in total. The van der Waals surface area contributed by atoms with Gasteiger partial charge in [-0.2, -0.15) is 0 Å². The molecule has 5 bridgehead atoms. The molecule has 1 aromatic carbocycles. The van der Waals surface area contributed by atoms with Crippen molar-refractivity contribution >= 4 is 39.8 Å². The average Bonchev–Trinajstić information content (AvgIpc) is 3.98. The average molecular weight is 743 g/mol. The SMILES string of the molecule is CC[C@H]1C[C@@]1(CC(=O)C1C[C@@H]2CN1C(=O)[C@H](C(C)(C)C)NC(=O)OCCC/C=C/COc1ccc3c(c1)CN(C3)C(=O)O2)C(=O)NS(=O)(=O)C1CC1. The Labute approximate surface area is 305 Å². The Balaban J connectivity index is 1.25. The van der Waals surface area contributed by atoms with Crippen molar-refractivity contribution in [2.45, 2.75) is 116 Å². The van der Waals surface area contributed by atoms with Crippen LogP contribution in [0.5, 0.6) is 5.75 Å². The highest BCUT2D eigenvalue weighted by Crippen LogP contribution is 2.58. The van der Waals surface area contributed by atoms with Gasteiger partial charge in [0.15, 0.2) is 5.78 Å². The minimum atomic E-state index is -3.84. The third-order valence-electron chi connectivity index (χ3n) is 10.8. The summed E-state index contributed by atoms with van der Waals surface area (Å²) in [6.07, 6.45) is 4.37. The van der Waals surface area contributed by atoms with Gasteiger partial charge in [-0.05, 0) is 66.7 Å². The number of hydrogen-bond acceptors (Lipinski definition) is 10. The number of ether oxygens (including phenoxy) is 3. The van der Waals surface area contributed by atoms with Crippen LogP contribution >= 0.6 is 0 Å². The monoisotopic (exact) mass is 742 g/mol. The molecule has 1 aromatic rings. The van der Waals surface area contributed by atoms with Gasteiger partial charge >= 0.3 is 12.2 Å².